The molecule has 0 saturated carbocycles. The van der Waals surface area contributed by atoms with Crippen molar-refractivity contribution in [2.45, 2.75) is 44.5 Å². The van der Waals surface area contributed by atoms with Gasteiger partial charge in [0.05, 0.1) is 26.7 Å². The number of carbonyl (C=O) groups is 2. The molecule has 46 heavy (non-hydrogen) atoms. The van der Waals surface area contributed by atoms with E-state index >= 15 is 4.39 Å². The molecule has 2 amide bonds. The van der Waals surface area contributed by atoms with Crippen molar-refractivity contribution in [3.63, 3.8) is 0 Å². The van der Waals surface area contributed by atoms with E-state index in [-0.39, 0.29) is 34.3 Å². The number of aryl methyl sites for hydroxylation is 1. The van der Waals surface area contributed by atoms with Crippen LogP contribution < -0.4 is 10.6 Å². The number of aromatic nitrogens is 1. The Morgan fingerprint density at radius 2 is 1.54 bits per heavy atom. The highest BCUT2D eigenvalue weighted by molar-refractivity contribution is 7.98. The van der Waals surface area contributed by atoms with E-state index in [1.54, 1.807) is 13.0 Å². The van der Waals surface area contributed by atoms with Gasteiger partial charge in [-0.15, -0.1) is 0 Å². The number of rotatable bonds is 9. The normalized spacial score (nSPS) is 13.1. The largest absolute Gasteiger partial charge is 0.436 e. The van der Waals surface area contributed by atoms with Gasteiger partial charge in [-0.2, -0.15) is 38.1 Å². The van der Waals surface area contributed by atoms with Gasteiger partial charge in [-0.05, 0) is 61.6 Å². The Balaban J connectivity index is 1.66. The first-order valence-corrected chi connectivity index (χ1v) is 15.6. The molecule has 0 radical (unpaired) electrons. The highest BCUT2D eigenvalue weighted by Crippen LogP contribution is 2.55. The number of nitrogens with zero attached hydrogens (tertiary/aromatic N) is 1. The molecule has 0 fully saturated rings. The van der Waals surface area contributed by atoms with E-state index in [1.165, 1.54) is 54.2 Å². The number of hydrogen-bond donors (Lipinski definition) is 2. The molecule has 0 unspecified atom stereocenters. The summed E-state index contributed by atoms with van der Waals surface area (Å²) in [6.45, 7) is 3.16. The molecule has 1 aromatic heterocycles. The molecule has 0 aliphatic carbocycles. The average molecular weight is 709 g/mol. The number of hydrogen-bond acceptors (Lipinski definition) is 3. The second-order valence-corrected chi connectivity index (χ2v) is 12.3. The molecule has 1 heterocycles. The Labute approximate surface area is 273 Å². The second kappa shape index (κ2) is 13.4. The maximum Gasteiger partial charge on any atom is 0.436 e. The van der Waals surface area contributed by atoms with Crippen LogP contribution in [0.5, 0.6) is 0 Å². The SMILES string of the molecule is CSC[C@H](C)NC(=O)c1c(Cl)cccc1C(=O)Nc1ccc(Cn2cc(C(F)(C(F)(F)F)C(F)(F)F)c3c(Cl)cccc32)cc1C. The summed E-state index contributed by atoms with van der Waals surface area (Å²) in [5.41, 5.74) is -6.29. The van der Waals surface area contributed by atoms with Crippen molar-refractivity contribution in [2.24, 2.45) is 0 Å². The Morgan fingerprint density at radius 1 is 0.913 bits per heavy atom. The van der Waals surface area contributed by atoms with Crippen molar-refractivity contribution in [3.05, 3.63) is 98.7 Å². The number of alkyl halides is 7. The molecule has 0 spiro atoms. The van der Waals surface area contributed by atoms with Gasteiger partial charge in [0.1, 0.15) is 0 Å². The molecular weight excluding hydrogens is 682 g/mol. The molecule has 1 atom stereocenters. The molecule has 0 saturated heterocycles. The predicted molar refractivity (Wildman–Crippen MR) is 167 cm³/mol. The molecule has 0 aliphatic rings. The minimum absolute atomic E-state index is 0.0112. The zero-order chi connectivity index (χ0) is 34.2. The Morgan fingerprint density at radius 3 is 2.15 bits per heavy atom. The molecule has 4 rings (SSSR count). The van der Waals surface area contributed by atoms with Gasteiger partial charge in [-0.1, -0.05) is 47.5 Å². The molecule has 3 aromatic carbocycles. The maximum atomic E-state index is 15.2. The molecule has 2 N–H and O–H groups in total. The number of halogens is 9. The van der Waals surface area contributed by atoms with E-state index < -0.39 is 45.8 Å². The molecule has 0 bridgehead atoms. The maximum absolute atomic E-state index is 15.2. The first-order valence-electron chi connectivity index (χ1n) is 13.5. The second-order valence-electron chi connectivity index (χ2n) is 10.6. The van der Waals surface area contributed by atoms with Crippen molar-refractivity contribution >= 4 is 63.4 Å². The van der Waals surface area contributed by atoms with Crippen LogP contribution in [0, 0.1) is 6.92 Å². The lowest BCUT2D eigenvalue weighted by molar-refractivity contribution is -0.348. The predicted octanol–water partition coefficient (Wildman–Crippen LogP) is 9.33. The van der Waals surface area contributed by atoms with Crippen LogP contribution >= 0.6 is 35.0 Å². The number of fused-ring (bicyclic) bond motifs is 1. The molecule has 5 nitrogen and oxygen atoms in total. The molecule has 246 valence electrons. The fraction of sp³-hybridized carbons (Fsp3) is 0.290. The van der Waals surface area contributed by atoms with Crippen LogP contribution in [0.2, 0.25) is 10.0 Å². The number of nitrogens with one attached hydrogen (secondary N) is 2. The summed E-state index contributed by atoms with van der Waals surface area (Å²) in [6, 6.07) is 12.4. The van der Waals surface area contributed by atoms with Gasteiger partial charge in [-0.3, -0.25) is 9.59 Å². The molecule has 0 aliphatic heterocycles. The van der Waals surface area contributed by atoms with Crippen LogP contribution in [-0.2, 0) is 12.2 Å². The monoisotopic (exact) mass is 707 g/mol. The number of amides is 2. The molecule has 15 heteroatoms. The number of carbonyl (C=O) groups excluding carboxylic acids is 2. The number of benzene rings is 3. The van der Waals surface area contributed by atoms with Gasteiger partial charge in [0, 0.05) is 41.2 Å². The lowest BCUT2D eigenvalue weighted by Crippen LogP contribution is -2.50. The van der Waals surface area contributed by atoms with E-state index in [9.17, 15) is 35.9 Å². The van der Waals surface area contributed by atoms with Gasteiger partial charge in [0.2, 0.25) is 0 Å². The lowest BCUT2D eigenvalue weighted by atomic mass is 9.94. The zero-order valence-corrected chi connectivity index (χ0v) is 26.7. The van der Waals surface area contributed by atoms with Crippen molar-refractivity contribution in [2.75, 3.05) is 17.3 Å². The van der Waals surface area contributed by atoms with Crippen LogP contribution in [0.1, 0.15) is 44.3 Å². The van der Waals surface area contributed by atoms with E-state index in [0.29, 0.717) is 28.8 Å². The van der Waals surface area contributed by atoms with Crippen LogP contribution in [-0.4, -0.2) is 46.8 Å². The minimum Gasteiger partial charge on any atom is -0.349 e. The third kappa shape index (κ3) is 6.82. The molecule has 4 aromatic rings. The first-order chi connectivity index (χ1) is 21.4. The van der Waals surface area contributed by atoms with Crippen LogP contribution in [0.4, 0.5) is 36.4 Å². The average Bonchev–Trinajstić information content (AvgIpc) is 3.32. The summed E-state index contributed by atoms with van der Waals surface area (Å²) in [5.74, 6) is -0.540. The van der Waals surface area contributed by atoms with E-state index in [0.717, 1.165) is 10.6 Å². The Hall–Kier alpha value is -3.42. The Kier molecular flexibility index (Phi) is 10.3. The van der Waals surface area contributed by atoms with Gasteiger partial charge in [0.15, 0.2) is 0 Å². The zero-order valence-electron chi connectivity index (χ0n) is 24.3. The summed E-state index contributed by atoms with van der Waals surface area (Å²) >= 11 is 13.8. The highest BCUT2D eigenvalue weighted by atomic mass is 35.5. The third-order valence-electron chi connectivity index (χ3n) is 7.18. The summed E-state index contributed by atoms with van der Waals surface area (Å²) < 4.78 is 98.3. The van der Waals surface area contributed by atoms with Gasteiger partial charge in [0.25, 0.3) is 11.8 Å². The summed E-state index contributed by atoms with van der Waals surface area (Å²) in [6.07, 6.45) is -10.3. The van der Waals surface area contributed by atoms with Crippen LogP contribution in [0.3, 0.4) is 0 Å². The van der Waals surface area contributed by atoms with Crippen molar-refractivity contribution < 1.29 is 40.3 Å². The smallest absolute Gasteiger partial charge is 0.349 e. The quantitative estimate of drug-likeness (QED) is 0.171. The number of anilines is 1. The fourth-order valence-electron chi connectivity index (χ4n) is 5.05. The van der Waals surface area contributed by atoms with E-state index in [2.05, 4.69) is 10.6 Å². The van der Waals surface area contributed by atoms with Gasteiger partial charge < -0.3 is 15.2 Å². The molecular formula is C31H26Cl2F7N3O2S. The minimum atomic E-state index is -6.32. The van der Waals surface area contributed by atoms with Gasteiger partial charge in [-0.25, -0.2) is 4.39 Å². The van der Waals surface area contributed by atoms with Crippen LogP contribution in [0.15, 0.2) is 60.8 Å². The Bertz CT molecular complexity index is 1780. The van der Waals surface area contributed by atoms with Crippen molar-refractivity contribution in [1.82, 2.24) is 9.88 Å². The standard InChI is InChI=1S/C31H26Cl2F7N3O2S/c1-16-12-18(10-11-23(16)42-27(44)19-6-4-7-21(32)25(19)28(45)41-17(2)15-46-3)13-43-14-20(26-22(33)8-5-9-24(26)43)29(34,30(35,36)37)31(38,39)40/h4-12,14,17H,13,15H2,1-3H3,(H,41,45)(H,42,44)/t17-/m0/s1. The third-order valence-corrected chi connectivity index (χ3v) is 8.64. The summed E-state index contributed by atoms with van der Waals surface area (Å²) in [5, 5.41) is 4.38. The van der Waals surface area contributed by atoms with E-state index in [4.69, 9.17) is 23.2 Å². The lowest BCUT2D eigenvalue weighted by Gasteiger charge is -2.29. The van der Waals surface area contributed by atoms with E-state index in [1.807, 2.05) is 13.2 Å². The summed E-state index contributed by atoms with van der Waals surface area (Å²) in [7, 11) is 0. The van der Waals surface area contributed by atoms with Crippen molar-refractivity contribution in [3.8, 4) is 0 Å². The van der Waals surface area contributed by atoms with Crippen LogP contribution in [0.25, 0.3) is 10.9 Å². The highest BCUT2D eigenvalue weighted by Gasteiger charge is 2.74. The van der Waals surface area contributed by atoms with Gasteiger partial charge >= 0.3 is 18.0 Å². The fourth-order valence-corrected chi connectivity index (χ4v) is 6.16. The summed E-state index contributed by atoms with van der Waals surface area (Å²) in [4.78, 5) is 26.2. The topological polar surface area (TPSA) is 63.1 Å². The number of thioether (sulfide) groups is 1. The van der Waals surface area contributed by atoms with Crippen molar-refractivity contribution in [1.29, 1.82) is 0 Å². The first kappa shape index (κ1) is 35.4.